The molecule has 0 amide bonds. The van der Waals surface area contributed by atoms with Crippen molar-refractivity contribution < 1.29 is 15.0 Å². The molecule has 1 aliphatic carbocycles. The zero-order valence-electron chi connectivity index (χ0n) is 10.0. The average Bonchev–Trinajstić information content (AvgIpc) is 2.28. The molecule has 0 radical (unpaired) electrons. The van der Waals surface area contributed by atoms with Gasteiger partial charge in [0, 0.05) is 5.70 Å². The van der Waals surface area contributed by atoms with E-state index < -0.39 is 12.2 Å². The van der Waals surface area contributed by atoms with Gasteiger partial charge in [-0.1, -0.05) is 19.8 Å². The van der Waals surface area contributed by atoms with E-state index in [4.69, 9.17) is 5.11 Å². The van der Waals surface area contributed by atoms with E-state index in [1.165, 1.54) is 18.9 Å². The van der Waals surface area contributed by atoms with Crippen LogP contribution in [0.15, 0.2) is 23.4 Å². The molecule has 17 heavy (non-hydrogen) atoms. The minimum absolute atomic E-state index is 0.0117. The number of dihydropyridines is 1. The largest absolute Gasteiger partial charge is 0.478 e. The molecule has 2 aliphatic rings. The smallest absolute Gasteiger partial charge is 0.336 e. The Kier molecular flexibility index (Phi) is 3.52. The highest BCUT2D eigenvalue weighted by Crippen LogP contribution is 2.33. The Morgan fingerprint density at radius 1 is 1.41 bits per heavy atom. The maximum atomic E-state index is 10.8. The molecule has 1 saturated carbocycles. The van der Waals surface area contributed by atoms with Crippen LogP contribution in [0.5, 0.6) is 0 Å². The molecule has 0 bridgehead atoms. The molecule has 0 aromatic heterocycles. The SMILES string of the molecule is CC1CCCC(C2=CC=C(C(=O)O)C(O)N2)C1. The number of hydrogen-bond donors (Lipinski definition) is 3. The van der Waals surface area contributed by atoms with E-state index in [-0.39, 0.29) is 5.57 Å². The van der Waals surface area contributed by atoms with Gasteiger partial charge in [-0.05, 0) is 36.8 Å². The number of carbonyl (C=O) groups is 1. The molecular weight excluding hydrogens is 218 g/mol. The van der Waals surface area contributed by atoms with Crippen molar-refractivity contribution in [1.29, 1.82) is 0 Å². The zero-order chi connectivity index (χ0) is 12.4. The second kappa shape index (κ2) is 4.92. The second-order valence-corrected chi connectivity index (χ2v) is 5.06. The number of aliphatic carboxylic acids is 1. The summed E-state index contributed by atoms with van der Waals surface area (Å²) < 4.78 is 0. The van der Waals surface area contributed by atoms with Crippen molar-refractivity contribution in [3.8, 4) is 0 Å². The third-order valence-corrected chi connectivity index (χ3v) is 3.66. The van der Waals surface area contributed by atoms with Crippen molar-refractivity contribution in [3.63, 3.8) is 0 Å². The minimum Gasteiger partial charge on any atom is -0.478 e. The lowest BCUT2D eigenvalue weighted by Crippen LogP contribution is -2.38. The number of nitrogens with one attached hydrogen (secondary N) is 1. The van der Waals surface area contributed by atoms with Gasteiger partial charge in [-0.25, -0.2) is 4.79 Å². The molecule has 0 aromatic carbocycles. The molecule has 1 aliphatic heterocycles. The van der Waals surface area contributed by atoms with Crippen LogP contribution in [0.1, 0.15) is 32.6 Å². The van der Waals surface area contributed by atoms with Crippen LogP contribution >= 0.6 is 0 Å². The fraction of sp³-hybridized carbons (Fsp3) is 0.615. The molecule has 0 saturated heterocycles. The Morgan fingerprint density at radius 2 is 2.18 bits per heavy atom. The first kappa shape index (κ1) is 12.2. The third kappa shape index (κ3) is 2.69. The molecular formula is C13H19NO3. The molecule has 4 heteroatoms. The van der Waals surface area contributed by atoms with Crippen LogP contribution in [0.4, 0.5) is 0 Å². The fourth-order valence-corrected chi connectivity index (χ4v) is 2.71. The molecule has 3 atom stereocenters. The van der Waals surface area contributed by atoms with E-state index in [0.717, 1.165) is 18.5 Å². The first-order chi connectivity index (χ1) is 8.08. The molecule has 1 heterocycles. The summed E-state index contributed by atoms with van der Waals surface area (Å²) in [4.78, 5) is 10.8. The lowest BCUT2D eigenvalue weighted by Gasteiger charge is -2.32. The number of aliphatic hydroxyl groups is 1. The predicted octanol–water partition coefficient (Wildman–Crippen LogP) is 1.63. The number of carboxylic acid groups (broad SMARTS) is 1. The molecule has 4 nitrogen and oxygen atoms in total. The number of rotatable bonds is 2. The van der Waals surface area contributed by atoms with Gasteiger partial charge in [0.2, 0.25) is 0 Å². The van der Waals surface area contributed by atoms with E-state index in [1.54, 1.807) is 6.08 Å². The van der Waals surface area contributed by atoms with Gasteiger partial charge in [0.05, 0.1) is 5.57 Å². The van der Waals surface area contributed by atoms with Crippen molar-refractivity contribution in [2.45, 2.75) is 38.8 Å². The Bertz CT molecular complexity index is 373. The summed E-state index contributed by atoms with van der Waals surface area (Å²) in [5.41, 5.74) is 0.992. The van der Waals surface area contributed by atoms with Crippen molar-refractivity contribution in [2.24, 2.45) is 11.8 Å². The summed E-state index contributed by atoms with van der Waals surface area (Å²) in [6.07, 6.45) is 6.94. The van der Waals surface area contributed by atoms with Crippen LogP contribution in [0.3, 0.4) is 0 Å². The number of allylic oxidation sites excluding steroid dienone is 3. The quantitative estimate of drug-likeness (QED) is 0.682. The van der Waals surface area contributed by atoms with Gasteiger partial charge < -0.3 is 15.5 Å². The normalized spacial score (nSPS) is 33.4. The lowest BCUT2D eigenvalue weighted by atomic mass is 9.80. The monoisotopic (exact) mass is 237 g/mol. The van der Waals surface area contributed by atoms with Crippen molar-refractivity contribution in [1.82, 2.24) is 5.32 Å². The number of aliphatic hydroxyl groups excluding tert-OH is 1. The Hall–Kier alpha value is -1.29. The van der Waals surface area contributed by atoms with Crippen LogP contribution in [0.25, 0.3) is 0 Å². The summed E-state index contributed by atoms with van der Waals surface area (Å²) >= 11 is 0. The van der Waals surface area contributed by atoms with E-state index in [0.29, 0.717) is 11.8 Å². The molecule has 1 fully saturated rings. The highest BCUT2D eigenvalue weighted by atomic mass is 16.4. The van der Waals surface area contributed by atoms with E-state index >= 15 is 0 Å². The minimum atomic E-state index is -1.08. The summed E-state index contributed by atoms with van der Waals surface area (Å²) in [5.74, 6) is 0.0655. The lowest BCUT2D eigenvalue weighted by molar-refractivity contribution is -0.134. The fourth-order valence-electron chi connectivity index (χ4n) is 2.71. The maximum absolute atomic E-state index is 10.8. The van der Waals surface area contributed by atoms with Crippen molar-refractivity contribution in [2.75, 3.05) is 0 Å². The van der Waals surface area contributed by atoms with E-state index in [2.05, 4.69) is 12.2 Å². The van der Waals surface area contributed by atoms with Crippen LogP contribution < -0.4 is 5.32 Å². The highest BCUT2D eigenvalue weighted by molar-refractivity contribution is 5.88. The summed E-state index contributed by atoms with van der Waals surface area (Å²) in [6.45, 7) is 2.24. The molecule has 3 unspecified atom stereocenters. The predicted molar refractivity (Wildman–Crippen MR) is 64.1 cm³/mol. The molecule has 94 valence electrons. The van der Waals surface area contributed by atoms with Crippen molar-refractivity contribution >= 4 is 5.97 Å². The van der Waals surface area contributed by atoms with Gasteiger partial charge in [-0.3, -0.25) is 0 Å². The van der Waals surface area contributed by atoms with Gasteiger partial charge in [-0.15, -0.1) is 0 Å². The first-order valence-electron chi connectivity index (χ1n) is 6.17. The standard InChI is InChI=1S/C13H19NO3/c1-8-3-2-4-9(7-8)11-6-5-10(13(16)17)12(15)14-11/h5-6,8-9,12,14-15H,2-4,7H2,1H3,(H,16,17). The molecule has 0 aromatic rings. The van der Waals surface area contributed by atoms with Gasteiger partial charge in [0.1, 0.15) is 0 Å². The van der Waals surface area contributed by atoms with Crippen LogP contribution in [-0.2, 0) is 4.79 Å². The summed E-state index contributed by atoms with van der Waals surface area (Å²) in [7, 11) is 0. The van der Waals surface area contributed by atoms with E-state index in [9.17, 15) is 9.90 Å². The highest BCUT2D eigenvalue weighted by Gasteiger charge is 2.27. The van der Waals surface area contributed by atoms with Crippen LogP contribution in [0, 0.1) is 11.8 Å². The van der Waals surface area contributed by atoms with E-state index in [1.807, 2.05) is 0 Å². The third-order valence-electron chi connectivity index (χ3n) is 3.66. The zero-order valence-corrected chi connectivity index (χ0v) is 10.0. The Morgan fingerprint density at radius 3 is 2.76 bits per heavy atom. The summed E-state index contributed by atoms with van der Waals surface area (Å²) in [6, 6.07) is 0. The van der Waals surface area contributed by atoms with Crippen LogP contribution in [-0.4, -0.2) is 22.4 Å². The summed E-state index contributed by atoms with van der Waals surface area (Å²) in [5, 5.41) is 21.5. The van der Waals surface area contributed by atoms with Crippen molar-refractivity contribution in [3.05, 3.63) is 23.4 Å². The molecule has 3 N–H and O–H groups in total. The van der Waals surface area contributed by atoms with Gasteiger partial charge in [-0.2, -0.15) is 0 Å². The molecule has 0 spiro atoms. The maximum Gasteiger partial charge on any atom is 0.336 e. The van der Waals surface area contributed by atoms with Gasteiger partial charge in [0.15, 0.2) is 6.23 Å². The molecule has 2 rings (SSSR count). The number of hydrogen-bond acceptors (Lipinski definition) is 3. The number of carboxylic acids is 1. The van der Waals surface area contributed by atoms with Gasteiger partial charge in [0.25, 0.3) is 0 Å². The first-order valence-corrected chi connectivity index (χ1v) is 6.17. The van der Waals surface area contributed by atoms with Gasteiger partial charge >= 0.3 is 5.97 Å². The van der Waals surface area contributed by atoms with Crippen LogP contribution in [0.2, 0.25) is 0 Å². The average molecular weight is 237 g/mol. The topological polar surface area (TPSA) is 69.6 Å². The Balaban J connectivity index is 2.10. The second-order valence-electron chi connectivity index (χ2n) is 5.06. The Labute approximate surface area is 101 Å².